The van der Waals surface area contributed by atoms with Gasteiger partial charge in [-0.15, -0.1) is 0 Å². The van der Waals surface area contributed by atoms with Gasteiger partial charge in [-0.1, -0.05) is 0 Å². The van der Waals surface area contributed by atoms with Crippen LogP contribution >= 0.6 is 0 Å². The fourth-order valence-corrected chi connectivity index (χ4v) is 4.09. The van der Waals surface area contributed by atoms with Crippen molar-refractivity contribution in [1.82, 2.24) is 19.5 Å². The van der Waals surface area contributed by atoms with E-state index < -0.39 is 0 Å². The SMILES string of the molecule is Cc1cc(N2C=C3CCCN3C2c2ccc3ncnn3c2)c(C)cc1F. The highest BCUT2D eigenvalue weighted by Gasteiger charge is 2.37. The third-order valence-corrected chi connectivity index (χ3v) is 5.40. The molecule has 1 fully saturated rings. The molecule has 2 aliphatic heterocycles. The Labute approximate surface area is 151 Å². The number of aryl methyl sites for hydroxylation is 2. The molecule has 0 spiro atoms. The zero-order valence-electron chi connectivity index (χ0n) is 14.9. The largest absolute Gasteiger partial charge is 0.349 e. The van der Waals surface area contributed by atoms with Gasteiger partial charge in [0, 0.05) is 35.9 Å². The lowest BCUT2D eigenvalue weighted by Gasteiger charge is -2.33. The number of allylic oxidation sites excluding steroid dienone is 1. The molecule has 6 heteroatoms. The highest BCUT2D eigenvalue weighted by Crippen LogP contribution is 2.44. The molecule has 1 saturated heterocycles. The topological polar surface area (TPSA) is 36.7 Å². The van der Waals surface area contributed by atoms with Crippen LogP contribution in [0.1, 0.15) is 35.7 Å². The van der Waals surface area contributed by atoms with Crippen LogP contribution in [0.2, 0.25) is 0 Å². The molecule has 0 aliphatic carbocycles. The highest BCUT2D eigenvalue weighted by atomic mass is 19.1. The van der Waals surface area contributed by atoms with Crippen LogP contribution in [0.5, 0.6) is 0 Å². The summed E-state index contributed by atoms with van der Waals surface area (Å²) >= 11 is 0. The van der Waals surface area contributed by atoms with E-state index in [-0.39, 0.29) is 12.0 Å². The van der Waals surface area contributed by atoms with Crippen LogP contribution in [-0.4, -0.2) is 26.0 Å². The number of anilines is 1. The van der Waals surface area contributed by atoms with Gasteiger partial charge in [-0.25, -0.2) is 13.9 Å². The Morgan fingerprint density at radius 1 is 1.15 bits per heavy atom. The van der Waals surface area contributed by atoms with Gasteiger partial charge in [-0.2, -0.15) is 5.10 Å². The van der Waals surface area contributed by atoms with Crippen LogP contribution in [0.3, 0.4) is 0 Å². The summed E-state index contributed by atoms with van der Waals surface area (Å²) in [6.07, 6.45) is 8.15. The van der Waals surface area contributed by atoms with Crippen molar-refractivity contribution in [3.05, 3.63) is 71.2 Å². The molecule has 1 aromatic carbocycles. The third kappa shape index (κ3) is 2.21. The Hall–Kier alpha value is -2.89. The van der Waals surface area contributed by atoms with E-state index in [0.29, 0.717) is 5.56 Å². The number of aromatic nitrogens is 3. The first-order valence-corrected chi connectivity index (χ1v) is 8.93. The summed E-state index contributed by atoms with van der Waals surface area (Å²) in [5.74, 6) is -0.154. The van der Waals surface area contributed by atoms with Gasteiger partial charge in [0.05, 0.1) is 0 Å². The molecule has 2 aromatic heterocycles. The van der Waals surface area contributed by atoms with Crippen LogP contribution < -0.4 is 4.90 Å². The lowest BCUT2D eigenvalue weighted by atomic mass is 10.1. The van der Waals surface area contributed by atoms with Crippen LogP contribution in [0.4, 0.5) is 10.1 Å². The Morgan fingerprint density at radius 3 is 2.92 bits per heavy atom. The highest BCUT2D eigenvalue weighted by molar-refractivity contribution is 5.61. The first-order valence-electron chi connectivity index (χ1n) is 8.93. The fourth-order valence-electron chi connectivity index (χ4n) is 4.09. The maximum Gasteiger partial charge on any atom is 0.155 e. The van der Waals surface area contributed by atoms with Gasteiger partial charge in [0.2, 0.25) is 0 Å². The number of hydrogen-bond donors (Lipinski definition) is 0. The Balaban J connectivity index is 1.65. The number of fused-ring (bicyclic) bond motifs is 2. The van der Waals surface area contributed by atoms with Crippen molar-refractivity contribution < 1.29 is 4.39 Å². The molecule has 26 heavy (non-hydrogen) atoms. The molecule has 4 heterocycles. The summed E-state index contributed by atoms with van der Waals surface area (Å²) in [6.45, 7) is 4.82. The minimum absolute atomic E-state index is 0.0599. The van der Waals surface area contributed by atoms with Crippen molar-refractivity contribution in [2.24, 2.45) is 0 Å². The van der Waals surface area contributed by atoms with Gasteiger partial charge in [0.25, 0.3) is 0 Å². The van der Waals surface area contributed by atoms with Crippen molar-refractivity contribution in [2.45, 2.75) is 32.9 Å². The Kier molecular flexibility index (Phi) is 3.29. The molecule has 0 bridgehead atoms. The lowest BCUT2D eigenvalue weighted by Crippen LogP contribution is -2.31. The minimum atomic E-state index is -0.154. The first-order chi connectivity index (χ1) is 12.6. The number of halogens is 1. The summed E-state index contributed by atoms with van der Waals surface area (Å²) < 4.78 is 15.8. The molecule has 2 aliphatic rings. The van der Waals surface area contributed by atoms with Crippen LogP contribution in [0.15, 0.2) is 48.7 Å². The van der Waals surface area contributed by atoms with Gasteiger partial charge in [0.1, 0.15) is 18.3 Å². The molecule has 5 nitrogen and oxygen atoms in total. The van der Waals surface area contributed by atoms with Crippen LogP contribution in [0, 0.1) is 19.7 Å². The lowest BCUT2D eigenvalue weighted by molar-refractivity contribution is 0.318. The molecule has 3 aromatic rings. The van der Waals surface area contributed by atoms with E-state index in [0.717, 1.165) is 35.4 Å². The van der Waals surface area contributed by atoms with E-state index in [2.05, 4.69) is 32.1 Å². The van der Waals surface area contributed by atoms with E-state index in [1.807, 2.05) is 36.7 Å². The Morgan fingerprint density at radius 2 is 2.04 bits per heavy atom. The number of rotatable bonds is 2. The van der Waals surface area contributed by atoms with Crippen molar-refractivity contribution in [1.29, 1.82) is 0 Å². The molecular formula is C20H20FN5. The summed E-state index contributed by atoms with van der Waals surface area (Å²) in [7, 11) is 0. The maximum absolute atomic E-state index is 14.0. The second-order valence-corrected chi connectivity index (χ2v) is 7.11. The normalized spacial score (nSPS) is 19.3. The molecule has 0 saturated carbocycles. The van der Waals surface area contributed by atoms with E-state index in [1.54, 1.807) is 12.4 Å². The molecule has 132 valence electrons. The smallest absolute Gasteiger partial charge is 0.155 e. The fraction of sp³-hybridized carbons (Fsp3) is 0.300. The third-order valence-electron chi connectivity index (χ3n) is 5.40. The minimum Gasteiger partial charge on any atom is -0.349 e. The van der Waals surface area contributed by atoms with E-state index >= 15 is 0 Å². The van der Waals surface area contributed by atoms with Crippen LogP contribution in [0.25, 0.3) is 5.65 Å². The van der Waals surface area contributed by atoms with E-state index in [9.17, 15) is 4.39 Å². The zero-order chi connectivity index (χ0) is 17.8. The average molecular weight is 349 g/mol. The second kappa shape index (κ2) is 5.56. The summed E-state index contributed by atoms with van der Waals surface area (Å²) in [6, 6.07) is 7.69. The average Bonchev–Trinajstić information content (AvgIpc) is 3.32. The molecule has 5 rings (SSSR count). The summed E-state index contributed by atoms with van der Waals surface area (Å²) in [5, 5.41) is 4.28. The van der Waals surface area contributed by atoms with Crippen LogP contribution in [-0.2, 0) is 0 Å². The molecule has 0 radical (unpaired) electrons. The van der Waals surface area contributed by atoms with Gasteiger partial charge in [0.15, 0.2) is 5.65 Å². The van der Waals surface area contributed by atoms with Crippen molar-refractivity contribution >= 4 is 11.3 Å². The predicted molar refractivity (Wildman–Crippen MR) is 98.1 cm³/mol. The quantitative estimate of drug-likeness (QED) is 0.702. The Bertz CT molecular complexity index is 1040. The van der Waals surface area contributed by atoms with Gasteiger partial charge in [-0.05, 0) is 62.1 Å². The predicted octanol–water partition coefficient (Wildman–Crippen LogP) is 3.94. The molecule has 0 N–H and O–H groups in total. The standard InChI is InChI=1S/C20H20FN5/c1-13-9-18(14(2)8-17(13)21)25-11-16-4-3-7-24(16)20(25)15-5-6-19-22-12-23-26(19)10-15/h5-6,8-12,20H,3-4,7H2,1-2H3. The first kappa shape index (κ1) is 15.4. The second-order valence-electron chi connectivity index (χ2n) is 7.11. The van der Waals surface area contributed by atoms with Crippen molar-refractivity contribution in [2.75, 3.05) is 11.4 Å². The van der Waals surface area contributed by atoms with Crippen molar-refractivity contribution in [3.63, 3.8) is 0 Å². The molecule has 1 atom stereocenters. The number of pyridine rings is 1. The molecule has 1 unspecified atom stereocenters. The van der Waals surface area contributed by atoms with E-state index in [4.69, 9.17) is 0 Å². The number of benzene rings is 1. The number of nitrogens with zero attached hydrogens (tertiary/aromatic N) is 5. The molecule has 0 amide bonds. The monoisotopic (exact) mass is 349 g/mol. The van der Waals surface area contributed by atoms with Gasteiger partial charge >= 0.3 is 0 Å². The van der Waals surface area contributed by atoms with Gasteiger partial charge < -0.3 is 9.80 Å². The maximum atomic E-state index is 14.0. The van der Waals surface area contributed by atoms with Crippen molar-refractivity contribution in [3.8, 4) is 0 Å². The summed E-state index contributed by atoms with van der Waals surface area (Å²) in [5.41, 5.74) is 5.99. The summed E-state index contributed by atoms with van der Waals surface area (Å²) in [4.78, 5) is 8.95. The van der Waals surface area contributed by atoms with Gasteiger partial charge in [-0.3, -0.25) is 0 Å². The van der Waals surface area contributed by atoms with E-state index in [1.165, 1.54) is 12.1 Å². The molecular weight excluding hydrogens is 329 g/mol. The number of hydrogen-bond acceptors (Lipinski definition) is 4. The zero-order valence-corrected chi connectivity index (χ0v) is 14.9.